The summed E-state index contributed by atoms with van der Waals surface area (Å²) in [4.78, 5) is 11.0. The molecule has 0 aliphatic carbocycles. The van der Waals surface area contributed by atoms with Crippen molar-refractivity contribution < 1.29 is 18.3 Å². The van der Waals surface area contributed by atoms with Crippen LogP contribution in [0, 0.1) is 0 Å². The fraction of sp³-hybridized carbons (Fsp3) is 0.417. The molecule has 1 unspecified atom stereocenters. The van der Waals surface area contributed by atoms with Gasteiger partial charge in [0, 0.05) is 17.1 Å². The fourth-order valence-electron chi connectivity index (χ4n) is 2.27. The first kappa shape index (κ1) is 14.5. The van der Waals surface area contributed by atoms with Crippen LogP contribution in [0.3, 0.4) is 0 Å². The van der Waals surface area contributed by atoms with Gasteiger partial charge in [-0.25, -0.2) is 8.42 Å². The van der Waals surface area contributed by atoms with Crippen LogP contribution in [0.15, 0.2) is 33.6 Å². The highest BCUT2D eigenvalue weighted by molar-refractivity contribution is 9.10. The standard InChI is InChI=1S/C12H14BrNO4S/c13-9-3-5-11(6-4-9)19(17,18)14-7-1-2-10(14)8-12(15)16/h3-6,10H,1-2,7-8H2,(H,15,16). The molecule has 5 nitrogen and oxygen atoms in total. The van der Waals surface area contributed by atoms with Crippen molar-refractivity contribution in [2.45, 2.75) is 30.2 Å². The molecular weight excluding hydrogens is 334 g/mol. The topological polar surface area (TPSA) is 74.7 Å². The number of sulfonamides is 1. The maximum atomic E-state index is 12.5. The molecule has 2 rings (SSSR count). The molecule has 1 aliphatic rings. The predicted molar refractivity (Wildman–Crippen MR) is 73.3 cm³/mol. The van der Waals surface area contributed by atoms with Crippen molar-refractivity contribution in [3.05, 3.63) is 28.7 Å². The minimum atomic E-state index is -3.60. The number of hydrogen-bond acceptors (Lipinski definition) is 3. The van der Waals surface area contributed by atoms with Gasteiger partial charge in [-0.15, -0.1) is 0 Å². The SMILES string of the molecule is O=C(O)CC1CCCN1S(=O)(=O)c1ccc(Br)cc1. The van der Waals surface area contributed by atoms with Gasteiger partial charge in [-0.2, -0.15) is 4.31 Å². The molecule has 0 radical (unpaired) electrons. The van der Waals surface area contributed by atoms with Crippen molar-refractivity contribution >= 4 is 31.9 Å². The number of aliphatic carboxylic acids is 1. The van der Waals surface area contributed by atoms with Crippen LogP contribution in [0.1, 0.15) is 19.3 Å². The van der Waals surface area contributed by atoms with Gasteiger partial charge in [0.2, 0.25) is 10.0 Å². The van der Waals surface area contributed by atoms with Gasteiger partial charge in [-0.05, 0) is 37.1 Å². The van der Waals surface area contributed by atoms with Gasteiger partial charge in [0.15, 0.2) is 0 Å². The third-order valence-electron chi connectivity index (χ3n) is 3.15. The molecule has 1 fully saturated rings. The molecule has 104 valence electrons. The first-order valence-corrected chi connectivity index (χ1v) is 8.14. The third-order valence-corrected chi connectivity index (χ3v) is 5.65. The molecule has 1 aromatic rings. The van der Waals surface area contributed by atoms with Gasteiger partial charge in [0.05, 0.1) is 11.3 Å². The first-order valence-electron chi connectivity index (χ1n) is 5.90. The Morgan fingerprint density at radius 3 is 2.58 bits per heavy atom. The minimum Gasteiger partial charge on any atom is -0.481 e. The molecule has 0 saturated carbocycles. The molecular formula is C12H14BrNO4S. The second-order valence-corrected chi connectivity index (χ2v) is 7.27. The highest BCUT2D eigenvalue weighted by Crippen LogP contribution is 2.28. The molecule has 1 atom stereocenters. The van der Waals surface area contributed by atoms with E-state index in [1.807, 2.05) is 0 Å². The normalized spacial score (nSPS) is 20.6. The van der Waals surface area contributed by atoms with Gasteiger partial charge >= 0.3 is 5.97 Å². The monoisotopic (exact) mass is 347 g/mol. The van der Waals surface area contributed by atoms with Crippen LogP contribution < -0.4 is 0 Å². The molecule has 19 heavy (non-hydrogen) atoms. The van der Waals surface area contributed by atoms with Crippen molar-refractivity contribution in [2.75, 3.05) is 6.54 Å². The summed E-state index contributed by atoms with van der Waals surface area (Å²) in [6, 6.07) is 5.93. The van der Waals surface area contributed by atoms with E-state index in [2.05, 4.69) is 15.9 Å². The predicted octanol–water partition coefficient (Wildman–Crippen LogP) is 2.08. The van der Waals surface area contributed by atoms with Crippen molar-refractivity contribution in [2.24, 2.45) is 0 Å². The highest BCUT2D eigenvalue weighted by Gasteiger charge is 2.36. The van der Waals surface area contributed by atoms with Gasteiger partial charge in [0.25, 0.3) is 0 Å². The summed E-state index contributed by atoms with van der Waals surface area (Å²) >= 11 is 3.25. The lowest BCUT2D eigenvalue weighted by Gasteiger charge is -2.22. The Labute approximate surface area is 120 Å². The second-order valence-electron chi connectivity index (χ2n) is 4.46. The minimum absolute atomic E-state index is 0.143. The van der Waals surface area contributed by atoms with E-state index in [9.17, 15) is 13.2 Å². The summed E-state index contributed by atoms with van der Waals surface area (Å²) in [5.41, 5.74) is 0. The second kappa shape index (κ2) is 5.60. The number of benzene rings is 1. The van der Waals surface area contributed by atoms with Crippen molar-refractivity contribution in [3.8, 4) is 0 Å². The number of hydrogen-bond donors (Lipinski definition) is 1. The summed E-state index contributed by atoms with van der Waals surface area (Å²) in [7, 11) is -3.60. The Kier molecular flexibility index (Phi) is 4.27. The Balaban J connectivity index is 2.28. The van der Waals surface area contributed by atoms with Crippen LogP contribution in [0.2, 0.25) is 0 Å². The zero-order valence-electron chi connectivity index (χ0n) is 10.1. The Hall–Kier alpha value is -0.920. The maximum absolute atomic E-state index is 12.5. The zero-order valence-corrected chi connectivity index (χ0v) is 12.5. The smallest absolute Gasteiger partial charge is 0.304 e. The number of carboxylic acid groups (broad SMARTS) is 1. The molecule has 0 bridgehead atoms. The molecule has 0 spiro atoms. The molecule has 0 amide bonds. The fourth-order valence-corrected chi connectivity index (χ4v) is 4.23. The van der Waals surface area contributed by atoms with Gasteiger partial charge in [-0.3, -0.25) is 4.79 Å². The summed E-state index contributed by atoms with van der Waals surface area (Å²) < 4.78 is 27.0. The number of carboxylic acids is 1. The van der Waals surface area contributed by atoms with E-state index in [0.29, 0.717) is 19.4 Å². The van der Waals surface area contributed by atoms with Gasteiger partial charge in [0.1, 0.15) is 0 Å². The molecule has 7 heteroatoms. The summed E-state index contributed by atoms with van der Waals surface area (Å²) in [6.45, 7) is 0.385. The average Bonchev–Trinajstić information content (AvgIpc) is 2.77. The van der Waals surface area contributed by atoms with E-state index in [0.717, 1.165) is 4.47 Å². The third kappa shape index (κ3) is 3.16. The summed E-state index contributed by atoms with van der Waals surface area (Å²) in [5, 5.41) is 8.84. The van der Waals surface area contributed by atoms with Gasteiger partial charge in [-0.1, -0.05) is 15.9 Å². The Morgan fingerprint density at radius 1 is 1.37 bits per heavy atom. The van der Waals surface area contributed by atoms with Crippen LogP contribution in [0.25, 0.3) is 0 Å². The van der Waals surface area contributed by atoms with E-state index >= 15 is 0 Å². The van der Waals surface area contributed by atoms with Crippen molar-refractivity contribution in [3.63, 3.8) is 0 Å². The van der Waals surface area contributed by atoms with E-state index in [-0.39, 0.29) is 11.3 Å². The Bertz CT molecular complexity index is 570. The number of rotatable bonds is 4. The van der Waals surface area contributed by atoms with Crippen LogP contribution in [0.5, 0.6) is 0 Å². The molecule has 1 aromatic carbocycles. The lowest BCUT2D eigenvalue weighted by Crippen LogP contribution is -2.36. The largest absolute Gasteiger partial charge is 0.481 e. The molecule has 1 N–H and O–H groups in total. The molecule has 1 heterocycles. The number of carbonyl (C=O) groups is 1. The summed E-state index contributed by atoms with van der Waals surface area (Å²) in [5.74, 6) is -0.970. The van der Waals surface area contributed by atoms with Crippen LogP contribution in [-0.4, -0.2) is 36.4 Å². The quantitative estimate of drug-likeness (QED) is 0.904. The average molecular weight is 348 g/mol. The molecule has 0 aromatic heterocycles. The maximum Gasteiger partial charge on any atom is 0.304 e. The lowest BCUT2D eigenvalue weighted by atomic mass is 10.2. The van der Waals surface area contributed by atoms with Crippen LogP contribution in [0.4, 0.5) is 0 Å². The molecule has 1 saturated heterocycles. The first-order chi connectivity index (χ1) is 8.91. The van der Waals surface area contributed by atoms with E-state index in [1.54, 1.807) is 12.1 Å². The highest BCUT2D eigenvalue weighted by atomic mass is 79.9. The van der Waals surface area contributed by atoms with E-state index in [1.165, 1.54) is 16.4 Å². The van der Waals surface area contributed by atoms with Crippen LogP contribution >= 0.6 is 15.9 Å². The lowest BCUT2D eigenvalue weighted by molar-refractivity contribution is -0.137. The van der Waals surface area contributed by atoms with E-state index < -0.39 is 22.0 Å². The molecule has 1 aliphatic heterocycles. The van der Waals surface area contributed by atoms with E-state index in [4.69, 9.17) is 5.11 Å². The van der Waals surface area contributed by atoms with Gasteiger partial charge < -0.3 is 5.11 Å². The van der Waals surface area contributed by atoms with Crippen molar-refractivity contribution in [1.82, 2.24) is 4.31 Å². The van der Waals surface area contributed by atoms with Crippen LogP contribution in [-0.2, 0) is 14.8 Å². The van der Waals surface area contributed by atoms with Crippen molar-refractivity contribution in [1.29, 1.82) is 0 Å². The number of nitrogens with zero attached hydrogens (tertiary/aromatic N) is 1. The summed E-state index contributed by atoms with van der Waals surface area (Å²) in [6.07, 6.45) is 1.16. The number of halogens is 1. The Morgan fingerprint density at radius 2 is 2.00 bits per heavy atom. The zero-order chi connectivity index (χ0) is 14.0.